The Kier molecular flexibility index (Phi) is 2920. The average Bonchev–Trinajstić information content (AvgIpc) is 2.03. The molecule has 0 amide bonds. The first-order valence-electron chi connectivity index (χ1n) is 0.894. The summed E-state index contributed by atoms with van der Waals surface area (Å²) in [6, 6.07) is 0. The third kappa shape index (κ3) is 406. The van der Waals surface area contributed by atoms with Crippen molar-refractivity contribution in [3.8, 4) is 0 Å². The van der Waals surface area contributed by atoms with Crippen LogP contribution in [0.2, 0.25) is 0 Å². The van der Waals surface area contributed by atoms with Crippen LogP contribution in [0.5, 0.6) is 0 Å². The molecule has 0 aromatic heterocycles. The number of hydrogen-bond donors (Lipinski definition) is 0. The molecule has 0 atom stereocenters. The van der Waals surface area contributed by atoms with Crippen molar-refractivity contribution in [2.45, 2.75) is 0 Å². The van der Waals surface area contributed by atoms with Gasteiger partial charge in [0.25, 0.3) is 0 Å². The van der Waals surface area contributed by atoms with Crippen molar-refractivity contribution in [1.29, 1.82) is 21.0 Å². The number of nitrogens with zero attached hydrogens (tertiary/aromatic N) is 4. The molecule has 58 valence electrons. The summed E-state index contributed by atoms with van der Waals surface area (Å²) < 4.78 is 0. The van der Waals surface area contributed by atoms with Gasteiger partial charge in [0.2, 0.25) is 0 Å². The Morgan fingerprint density at radius 2 is 0.500 bits per heavy atom. The predicted molar refractivity (Wildman–Crippen MR) is 23.5 cm³/mol. The quantitative estimate of drug-likeness (QED) is 0.326. The van der Waals surface area contributed by atoms with Gasteiger partial charge in [-0.2, -0.15) is 0 Å². The zero-order valence-electron chi connectivity index (χ0n) is 6.61. The molecule has 0 fully saturated rings. The van der Waals surface area contributed by atoms with Crippen LogP contribution >= 0.6 is 0 Å². The van der Waals surface area contributed by atoms with Crippen LogP contribution in [-0.4, -0.2) is 5.48 Å². The third-order valence-corrected chi connectivity index (χ3v) is 0. The van der Waals surface area contributed by atoms with Crippen molar-refractivity contribution in [1.82, 2.24) is 0 Å². The second kappa shape index (κ2) is 525. The average molecular weight is 307 g/mol. The van der Waals surface area contributed by atoms with Gasteiger partial charge < -0.3 is 52.8 Å². The molecule has 0 aromatic carbocycles. The van der Waals surface area contributed by atoms with Gasteiger partial charge in [-0.15, -0.1) is 0 Å². The Balaban J connectivity index is -0.00000000267. The van der Waals surface area contributed by atoms with Gasteiger partial charge in [0.1, 0.15) is 0 Å². The first-order chi connectivity index (χ1) is 4.00. The Hall–Kier alpha value is 1.86. The molecule has 0 aliphatic rings. The van der Waals surface area contributed by atoms with Crippen LogP contribution in [0.4, 0.5) is 0 Å². The third-order valence-electron chi connectivity index (χ3n) is 0. The number of hydrogen-bond acceptors (Lipinski definition) is 4. The minimum atomic E-state index is 0. The van der Waals surface area contributed by atoms with Crippen molar-refractivity contribution in [3.63, 3.8) is 0 Å². The van der Waals surface area contributed by atoms with Gasteiger partial charge in [-0.25, -0.2) is 0 Å². The molecule has 0 bridgehead atoms. The van der Waals surface area contributed by atoms with Gasteiger partial charge in [0, 0.05) is 20.4 Å². The van der Waals surface area contributed by atoms with Crippen molar-refractivity contribution >= 4 is 0 Å². The molecule has 0 saturated heterocycles. The second-order valence-corrected chi connectivity index (χ2v) is 0. The van der Waals surface area contributed by atoms with Crippen LogP contribution in [0.25, 0.3) is 0 Å². The molecule has 0 unspecified atom stereocenters. The first-order valence-corrected chi connectivity index (χ1v) is 0.894. The molecule has 5 nitrogen and oxygen atoms in total. The molecule has 2 N–H and O–H groups in total. The van der Waals surface area contributed by atoms with Gasteiger partial charge >= 0.3 is 103 Å². The maximum Gasteiger partial charge on any atom is 1.00 e. The van der Waals surface area contributed by atoms with Crippen LogP contribution in [0.3, 0.4) is 0 Å². The van der Waals surface area contributed by atoms with Crippen LogP contribution in [0, 0.1) is 47.3 Å². The van der Waals surface area contributed by atoms with Crippen LogP contribution < -0.4 is 103 Å². The van der Waals surface area contributed by atoms with Gasteiger partial charge in [-0.1, -0.05) is 0 Å². The van der Waals surface area contributed by atoms with Crippen molar-refractivity contribution in [2.75, 3.05) is 0 Å². The molecular formula is C4H2K2N4OPd-2. The van der Waals surface area contributed by atoms with E-state index in [1.165, 1.54) is 0 Å². The zero-order chi connectivity index (χ0) is 8.00. The second-order valence-electron chi connectivity index (χ2n) is 0. The largest absolute Gasteiger partial charge is 1.00 e. The van der Waals surface area contributed by atoms with E-state index in [1.807, 2.05) is 0 Å². The Labute approximate surface area is 172 Å². The summed E-state index contributed by atoms with van der Waals surface area (Å²) in [5, 5.41) is 25.0. The number of rotatable bonds is 0. The van der Waals surface area contributed by atoms with Crippen molar-refractivity contribution < 1.29 is 129 Å². The summed E-state index contributed by atoms with van der Waals surface area (Å²) in [5.74, 6) is 0. The standard InChI is InChI=1S/4CN.2K.H2O.Pd/c4*1-2;;;;/h;;;;;;1H2;/q4*-1;2*+1;;. The monoisotopic (exact) mass is 306 g/mol. The first kappa shape index (κ1) is 66.8. The van der Waals surface area contributed by atoms with Crippen LogP contribution in [0.15, 0.2) is 0 Å². The van der Waals surface area contributed by atoms with Gasteiger partial charge in [-0.3, -0.25) is 0 Å². The van der Waals surface area contributed by atoms with E-state index in [-0.39, 0.29) is 129 Å². The molecule has 0 spiro atoms. The molecule has 0 aliphatic heterocycles. The summed E-state index contributed by atoms with van der Waals surface area (Å²) in [6.45, 7) is 19.0. The molecule has 0 aliphatic carbocycles. The van der Waals surface area contributed by atoms with E-state index in [2.05, 4.69) is 0 Å². The Morgan fingerprint density at radius 1 is 0.500 bits per heavy atom. The van der Waals surface area contributed by atoms with Crippen LogP contribution in [-0.2, 0) is 20.4 Å². The molecule has 0 saturated carbocycles. The van der Waals surface area contributed by atoms with Gasteiger partial charge in [-0.05, 0) is 0 Å². The molecule has 12 heavy (non-hydrogen) atoms. The van der Waals surface area contributed by atoms with E-state index < -0.39 is 0 Å². The van der Waals surface area contributed by atoms with E-state index in [0.717, 1.165) is 0 Å². The Morgan fingerprint density at radius 3 is 0.500 bits per heavy atom. The maximum atomic E-state index is 6.25. The minimum absolute atomic E-state index is 0. The summed E-state index contributed by atoms with van der Waals surface area (Å²) in [7, 11) is 0. The van der Waals surface area contributed by atoms with E-state index in [1.54, 1.807) is 0 Å². The van der Waals surface area contributed by atoms with E-state index >= 15 is 0 Å². The summed E-state index contributed by atoms with van der Waals surface area (Å²) >= 11 is 0. The fourth-order valence-electron chi connectivity index (χ4n) is 0. The molecule has 0 aromatic rings. The van der Waals surface area contributed by atoms with Crippen LogP contribution in [0.1, 0.15) is 0 Å². The normalized spacial score (nSPS) is 0.667. The van der Waals surface area contributed by atoms with E-state index in [9.17, 15) is 0 Å². The molecular weight excluding hydrogens is 305 g/mol. The van der Waals surface area contributed by atoms with Gasteiger partial charge in [0.05, 0.1) is 0 Å². The molecule has 0 heterocycles. The van der Waals surface area contributed by atoms with Crippen molar-refractivity contribution in [2.24, 2.45) is 0 Å². The fourth-order valence-corrected chi connectivity index (χ4v) is 0. The molecule has 0 radical (unpaired) electrons. The summed E-state index contributed by atoms with van der Waals surface area (Å²) in [6.07, 6.45) is 0. The molecule has 8 heteroatoms. The van der Waals surface area contributed by atoms with Crippen molar-refractivity contribution in [3.05, 3.63) is 26.3 Å². The van der Waals surface area contributed by atoms with Gasteiger partial charge in [0.15, 0.2) is 0 Å². The summed E-state index contributed by atoms with van der Waals surface area (Å²) in [4.78, 5) is 0. The zero-order valence-corrected chi connectivity index (χ0v) is 14.4. The maximum absolute atomic E-state index is 6.25. The fraction of sp³-hybridized carbons (Fsp3) is 0. The smallest absolute Gasteiger partial charge is 0.512 e. The Bertz CT molecular complexity index is 68.0. The topological polar surface area (TPSA) is 127 Å². The SMILES string of the molecule is O.[C-]#N.[C-]#N.[C-]#N.[C-]#N.[K+].[K+].[Pd]. The predicted octanol–water partition coefficient (Wildman–Crippen LogP) is -6.43. The molecule has 0 rings (SSSR count). The van der Waals surface area contributed by atoms with E-state index in [4.69, 9.17) is 47.3 Å². The van der Waals surface area contributed by atoms with E-state index in [0.29, 0.717) is 0 Å². The minimum Gasteiger partial charge on any atom is -0.512 e. The summed E-state index contributed by atoms with van der Waals surface area (Å²) in [5.41, 5.74) is 0.